The molecule has 0 aliphatic heterocycles. The maximum Gasteiger partial charge on any atom is 0.224 e. The fraction of sp³-hybridized carbons (Fsp3) is 0.316. The monoisotopic (exact) mass is 322 g/mol. The summed E-state index contributed by atoms with van der Waals surface area (Å²) >= 11 is 0. The van der Waals surface area contributed by atoms with Crippen molar-refractivity contribution in [3.8, 4) is 0 Å². The Labute approximate surface area is 142 Å². The average Bonchev–Trinajstić information content (AvgIpc) is 3.00. The number of imidazole rings is 1. The normalized spacial score (nSPS) is 12.3. The predicted octanol–water partition coefficient (Wildman–Crippen LogP) is 3.35. The van der Waals surface area contributed by atoms with Gasteiger partial charge in [-0.2, -0.15) is 0 Å². The number of hydrogen-bond donors (Lipinski definition) is 0. The maximum atomic E-state index is 12.5. The molecule has 5 nitrogen and oxygen atoms in total. The summed E-state index contributed by atoms with van der Waals surface area (Å²) in [5.41, 5.74) is 2.08. The molecule has 1 atom stereocenters. The summed E-state index contributed by atoms with van der Waals surface area (Å²) in [5, 5.41) is 1.10. The lowest BCUT2D eigenvalue weighted by atomic mass is 10.1. The first kappa shape index (κ1) is 16.2. The van der Waals surface area contributed by atoms with Gasteiger partial charge in [-0.1, -0.05) is 12.1 Å². The molecule has 1 aromatic carbocycles. The molecule has 1 unspecified atom stereocenters. The first-order valence-corrected chi connectivity index (χ1v) is 8.11. The molecular formula is C19H22N4O. The Hall–Kier alpha value is -2.69. The van der Waals surface area contributed by atoms with Crippen LogP contribution in [0.3, 0.4) is 0 Å². The molecule has 3 aromatic rings. The number of carbonyl (C=O) groups excluding carboxylic acids is 1. The second kappa shape index (κ2) is 6.83. The van der Waals surface area contributed by atoms with E-state index in [1.165, 1.54) is 0 Å². The van der Waals surface area contributed by atoms with Gasteiger partial charge >= 0.3 is 0 Å². The molecule has 24 heavy (non-hydrogen) atoms. The van der Waals surface area contributed by atoms with Crippen LogP contribution in [0, 0.1) is 6.92 Å². The zero-order chi connectivity index (χ0) is 17.1. The number of rotatable bonds is 5. The summed E-state index contributed by atoms with van der Waals surface area (Å²) in [7, 11) is 1.85. The Bertz CT molecular complexity index is 855. The van der Waals surface area contributed by atoms with Crippen molar-refractivity contribution in [1.82, 2.24) is 19.4 Å². The third-order valence-corrected chi connectivity index (χ3v) is 4.32. The molecule has 0 N–H and O–H groups in total. The van der Waals surface area contributed by atoms with E-state index in [4.69, 9.17) is 0 Å². The maximum absolute atomic E-state index is 12.5. The SMILES string of the molecule is Cc1nccn1C(C)CC(=O)N(C)Cc1ccc2ncccc2c1. The highest BCUT2D eigenvalue weighted by atomic mass is 16.2. The van der Waals surface area contributed by atoms with Crippen LogP contribution in [0.4, 0.5) is 0 Å². The summed E-state index contributed by atoms with van der Waals surface area (Å²) in [5.74, 6) is 1.06. The van der Waals surface area contributed by atoms with Gasteiger partial charge in [-0.15, -0.1) is 0 Å². The summed E-state index contributed by atoms with van der Waals surface area (Å²) in [6.45, 7) is 4.59. The molecule has 2 heterocycles. The standard InChI is InChI=1S/C19H22N4O/c1-14(23-10-9-20-15(23)2)11-19(24)22(3)13-16-6-7-18-17(12-16)5-4-8-21-18/h4-10,12,14H,11,13H2,1-3H3. The van der Waals surface area contributed by atoms with Crippen molar-refractivity contribution >= 4 is 16.8 Å². The highest BCUT2D eigenvalue weighted by Crippen LogP contribution is 2.17. The Morgan fingerprint density at radius 1 is 1.25 bits per heavy atom. The zero-order valence-corrected chi connectivity index (χ0v) is 14.3. The van der Waals surface area contributed by atoms with Crippen molar-refractivity contribution in [3.05, 3.63) is 60.3 Å². The van der Waals surface area contributed by atoms with Crippen LogP contribution in [0.1, 0.15) is 30.8 Å². The molecule has 3 rings (SSSR count). The predicted molar refractivity (Wildman–Crippen MR) is 94.5 cm³/mol. The van der Waals surface area contributed by atoms with Crippen LogP contribution in [-0.2, 0) is 11.3 Å². The van der Waals surface area contributed by atoms with Crippen LogP contribution in [0.5, 0.6) is 0 Å². The van der Waals surface area contributed by atoms with Gasteiger partial charge in [0.25, 0.3) is 0 Å². The van der Waals surface area contributed by atoms with Gasteiger partial charge in [-0.3, -0.25) is 9.78 Å². The number of pyridine rings is 1. The average molecular weight is 322 g/mol. The highest BCUT2D eigenvalue weighted by Gasteiger charge is 2.16. The Kier molecular flexibility index (Phi) is 4.60. The van der Waals surface area contributed by atoms with Gasteiger partial charge in [-0.25, -0.2) is 4.98 Å². The third-order valence-electron chi connectivity index (χ3n) is 4.32. The minimum absolute atomic E-state index is 0.100. The van der Waals surface area contributed by atoms with E-state index in [1.807, 2.05) is 55.9 Å². The number of aryl methyl sites for hydroxylation is 1. The molecule has 0 bridgehead atoms. The van der Waals surface area contributed by atoms with Gasteiger partial charge in [0.05, 0.1) is 5.52 Å². The lowest BCUT2D eigenvalue weighted by Gasteiger charge is -2.21. The second-order valence-corrected chi connectivity index (χ2v) is 6.22. The van der Waals surface area contributed by atoms with Crippen LogP contribution >= 0.6 is 0 Å². The van der Waals surface area contributed by atoms with Crippen molar-refractivity contribution in [2.24, 2.45) is 0 Å². The van der Waals surface area contributed by atoms with E-state index in [-0.39, 0.29) is 11.9 Å². The molecule has 0 aliphatic carbocycles. The summed E-state index contributed by atoms with van der Waals surface area (Å²) < 4.78 is 2.04. The number of carbonyl (C=O) groups is 1. The van der Waals surface area contributed by atoms with E-state index in [2.05, 4.69) is 16.0 Å². The van der Waals surface area contributed by atoms with E-state index in [0.717, 1.165) is 22.3 Å². The Balaban J connectivity index is 1.65. The van der Waals surface area contributed by atoms with E-state index < -0.39 is 0 Å². The molecule has 2 aromatic heterocycles. The first-order chi connectivity index (χ1) is 11.5. The van der Waals surface area contributed by atoms with Crippen LogP contribution in [-0.4, -0.2) is 32.4 Å². The molecule has 0 fully saturated rings. The second-order valence-electron chi connectivity index (χ2n) is 6.22. The highest BCUT2D eigenvalue weighted by molar-refractivity contribution is 5.79. The molecule has 0 saturated carbocycles. The largest absolute Gasteiger partial charge is 0.341 e. The van der Waals surface area contributed by atoms with Gasteiger partial charge in [0.15, 0.2) is 0 Å². The van der Waals surface area contributed by atoms with Crippen LogP contribution in [0.2, 0.25) is 0 Å². The number of hydrogen-bond acceptors (Lipinski definition) is 3. The van der Waals surface area contributed by atoms with Crippen molar-refractivity contribution in [2.45, 2.75) is 32.9 Å². The fourth-order valence-electron chi connectivity index (χ4n) is 2.95. The van der Waals surface area contributed by atoms with Gasteiger partial charge < -0.3 is 9.47 Å². The zero-order valence-electron chi connectivity index (χ0n) is 14.3. The van der Waals surface area contributed by atoms with E-state index in [9.17, 15) is 4.79 Å². The number of benzene rings is 1. The summed E-state index contributed by atoms with van der Waals surface area (Å²) in [6.07, 6.45) is 5.94. The summed E-state index contributed by atoms with van der Waals surface area (Å²) in [4.78, 5) is 22.8. The van der Waals surface area contributed by atoms with Crippen molar-refractivity contribution in [2.75, 3.05) is 7.05 Å². The minimum atomic E-state index is 0.100. The summed E-state index contributed by atoms with van der Waals surface area (Å²) in [6, 6.07) is 10.2. The number of aromatic nitrogens is 3. The van der Waals surface area contributed by atoms with Crippen molar-refractivity contribution in [3.63, 3.8) is 0 Å². The quantitative estimate of drug-likeness (QED) is 0.724. The molecule has 0 spiro atoms. The fourth-order valence-corrected chi connectivity index (χ4v) is 2.95. The van der Waals surface area contributed by atoms with Gasteiger partial charge in [0, 0.05) is 50.0 Å². The van der Waals surface area contributed by atoms with Gasteiger partial charge in [0.1, 0.15) is 5.82 Å². The van der Waals surface area contributed by atoms with Crippen LogP contribution in [0.15, 0.2) is 48.9 Å². The van der Waals surface area contributed by atoms with Gasteiger partial charge in [-0.05, 0) is 37.6 Å². The smallest absolute Gasteiger partial charge is 0.224 e. The molecule has 0 radical (unpaired) electrons. The van der Waals surface area contributed by atoms with Gasteiger partial charge in [0.2, 0.25) is 5.91 Å². The topological polar surface area (TPSA) is 51.0 Å². The van der Waals surface area contributed by atoms with E-state index in [1.54, 1.807) is 17.3 Å². The van der Waals surface area contributed by atoms with Crippen molar-refractivity contribution in [1.29, 1.82) is 0 Å². The number of amides is 1. The Morgan fingerprint density at radius 2 is 2.08 bits per heavy atom. The lowest BCUT2D eigenvalue weighted by molar-refractivity contribution is -0.131. The molecular weight excluding hydrogens is 300 g/mol. The minimum Gasteiger partial charge on any atom is -0.341 e. The van der Waals surface area contributed by atoms with E-state index >= 15 is 0 Å². The molecule has 124 valence electrons. The number of fused-ring (bicyclic) bond motifs is 1. The number of nitrogens with zero attached hydrogens (tertiary/aromatic N) is 4. The molecule has 0 saturated heterocycles. The first-order valence-electron chi connectivity index (χ1n) is 8.11. The van der Waals surface area contributed by atoms with Crippen LogP contribution < -0.4 is 0 Å². The van der Waals surface area contributed by atoms with Crippen molar-refractivity contribution < 1.29 is 4.79 Å². The van der Waals surface area contributed by atoms with Crippen LogP contribution in [0.25, 0.3) is 10.9 Å². The lowest BCUT2D eigenvalue weighted by Crippen LogP contribution is -2.28. The molecule has 5 heteroatoms. The third kappa shape index (κ3) is 3.45. The molecule has 1 amide bonds. The molecule has 0 aliphatic rings. The Morgan fingerprint density at radius 3 is 2.83 bits per heavy atom. The van der Waals surface area contributed by atoms with E-state index in [0.29, 0.717) is 13.0 Å².